The Morgan fingerprint density at radius 3 is 2.33 bits per heavy atom. The van der Waals surface area contributed by atoms with Crippen LogP contribution in [-0.2, 0) is 14.9 Å². The van der Waals surface area contributed by atoms with E-state index in [1.54, 1.807) is 0 Å². The van der Waals surface area contributed by atoms with E-state index in [2.05, 4.69) is 6.07 Å². The first-order valence-corrected chi connectivity index (χ1v) is 14.2. The van der Waals surface area contributed by atoms with Gasteiger partial charge in [-0.3, -0.25) is 4.79 Å². The number of methoxy groups -OCH3 is 1. The third-order valence-corrected chi connectivity index (χ3v) is 8.61. The highest BCUT2D eigenvalue weighted by Gasteiger charge is 2.70. The molecule has 43 heavy (non-hydrogen) atoms. The minimum Gasteiger partial charge on any atom is -0.465 e. The Morgan fingerprint density at radius 1 is 1.07 bits per heavy atom. The van der Waals surface area contributed by atoms with Crippen molar-refractivity contribution in [2.45, 2.75) is 50.6 Å². The number of hydrogen-bond donors (Lipinski definition) is 0. The summed E-state index contributed by atoms with van der Waals surface area (Å²) in [7, 11) is 1.23. The van der Waals surface area contributed by atoms with E-state index < -0.39 is 58.4 Å². The van der Waals surface area contributed by atoms with E-state index in [-0.39, 0.29) is 38.8 Å². The number of imide groups is 1. The number of amides is 3. The lowest BCUT2D eigenvalue weighted by atomic mass is 9.62. The van der Waals surface area contributed by atoms with Crippen LogP contribution in [-0.4, -0.2) is 42.0 Å². The Bertz CT molecular complexity index is 1690. The normalized spacial score (nSPS) is 23.4. The standard InChI is InChI=1S/C32H27Cl2F2N3O4/c1-31(2,3)15-24-32(16-37,21-13-10-18(33)14-23(21)35)25(20-6-5-7-22(34)26(20)36)27-28(40)38(30(42)39(24)27)19-11-8-17(9-12-19)29(41)43-4/h5-14,24-25,27H,15H2,1-4H3/t24-,25-,27+,32-/m0/s1. The number of ether oxygens (including phenoxy) is 1. The number of anilines is 1. The molecule has 11 heteroatoms. The number of hydrogen-bond acceptors (Lipinski definition) is 5. The number of benzene rings is 3. The molecule has 0 aliphatic carbocycles. The molecular weight excluding hydrogens is 599 g/mol. The van der Waals surface area contributed by atoms with Crippen molar-refractivity contribution < 1.29 is 27.9 Å². The molecule has 0 saturated carbocycles. The highest BCUT2D eigenvalue weighted by molar-refractivity contribution is 6.31. The van der Waals surface area contributed by atoms with Crippen LogP contribution < -0.4 is 4.90 Å². The summed E-state index contributed by atoms with van der Waals surface area (Å²) in [6.45, 7) is 5.67. The molecule has 3 amide bonds. The summed E-state index contributed by atoms with van der Waals surface area (Å²) >= 11 is 12.3. The maximum atomic E-state index is 15.9. The van der Waals surface area contributed by atoms with E-state index in [4.69, 9.17) is 27.9 Å². The predicted molar refractivity (Wildman–Crippen MR) is 157 cm³/mol. The minimum atomic E-state index is -1.91. The summed E-state index contributed by atoms with van der Waals surface area (Å²) in [6, 6.07) is 12.8. The molecule has 0 unspecified atom stereocenters. The van der Waals surface area contributed by atoms with Gasteiger partial charge in [0.25, 0.3) is 5.91 Å². The number of esters is 1. The summed E-state index contributed by atoms with van der Waals surface area (Å²) < 4.78 is 36.5. The van der Waals surface area contributed by atoms with Gasteiger partial charge in [-0.1, -0.05) is 62.2 Å². The van der Waals surface area contributed by atoms with Crippen LogP contribution >= 0.6 is 23.2 Å². The molecule has 3 aromatic rings. The topological polar surface area (TPSA) is 90.7 Å². The van der Waals surface area contributed by atoms with E-state index in [1.807, 2.05) is 20.8 Å². The van der Waals surface area contributed by atoms with Crippen LogP contribution in [0.1, 0.15) is 54.6 Å². The second-order valence-electron chi connectivity index (χ2n) is 11.9. The molecule has 2 aliphatic heterocycles. The van der Waals surface area contributed by atoms with Gasteiger partial charge in [0.15, 0.2) is 0 Å². The second kappa shape index (κ2) is 10.9. The Kier molecular flexibility index (Phi) is 7.74. The van der Waals surface area contributed by atoms with E-state index in [0.29, 0.717) is 0 Å². The zero-order valence-corrected chi connectivity index (χ0v) is 25.2. The van der Waals surface area contributed by atoms with Gasteiger partial charge in [-0.15, -0.1) is 0 Å². The van der Waals surface area contributed by atoms with Crippen LogP contribution in [0.3, 0.4) is 0 Å². The molecular formula is C32H27Cl2F2N3O4. The third kappa shape index (κ3) is 4.83. The van der Waals surface area contributed by atoms with Crippen molar-refractivity contribution in [2.24, 2.45) is 5.41 Å². The number of nitriles is 1. The molecule has 2 aliphatic rings. The first kappa shape index (κ1) is 30.5. The molecule has 7 nitrogen and oxygen atoms in total. The van der Waals surface area contributed by atoms with Crippen molar-refractivity contribution in [1.82, 2.24) is 4.90 Å². The smallest absolute Gasteiger partial charge is 0.337 e. The molecule has 0 radical (unpaired) electrons. The van der Waals surface area contributed by atoms with Crippen LogP contribution in [0.4, 0.5) is 19.3 Å². The van der Waals surface area contributed by atoms with E-state index >= 15 is 8.78 Å². The van der Waals surface area contributed by atoms with Gasteiger partial charge >= 0.3 is 12.0 Å². The predicted octanol–water partition coefficient (Wildman–Crippen LogP) is 7.26. The van der Waals surface area contributed by atoms with E-state index in [1.165, 1.54) is 66.6 Å². The molecule has 2 saturated heterocycles. The average molecular weight is 626 g/mol. The molecule has 5 rings (SSSR count). The number of nitrogens with zero attached hydrogens (tertiary/aromatic N) is 3. The van der Waals surface area contributed by atoms with Gasteiger partial charge < -0.3 is 9.64 Å². The lowest BCUT2D eigenvalue weighted by Crippen LogP contribution is -2.49. The lowest BCUT2D eigenvalue weighted by Gasteiger charge is -2.39. The summed E-state index contributed by atoms with van der Waals surface area (Å²) in [5.74, 6) is -4.38. The quantitative estimate of drug-likeness (QED) is 0.220. The molecule has 4 atom stereocenters. The second-order valence-corrected chi connectivity index (χ2v) is 12.7. The summed E-state index contributed by atoms with van der Waals surface area (Å²) in [4.78, 5) is 42.8. The molecule has 0 aromatic heterocycles. The summed E-state index contributed by atoms with van der Waals surface area (Å²) in [5.41, 5.74) is -2.28. The number of carbonyl (C=O) groups is 3. The van der Waals surface area contributed by atoms with Crippen LogP contribution in [0.2, 0.25) is 10.0 Å². The molecule has 222 valence electrons. The van der Waals surface area contributed by atoms with Crippen molar-refractivity contribution in [3.05, 3.63) is 99.0 Å². The van der Waals surface area contributed by atoms with Crippen molar-refractivity contribution in [3.63, 3.8) is 0 Å². The molecule has 0 N–H and O–H groups in total. The van der Waals surface area contributed by atoms with Crippen LogP contribution in [0, 0.1) is 28.4 Å². The van der Waals surface area contributed by atoms with Gasteiger partial charge in [0, 0.05) is 16.5 Å². The molecule has 2 heterocycles. The number of rotatable bonds is 5. The highest BCUT2D eigenvalue weighted by atomic mass is 35.5. The SMILES string of the molecule is COC(=O)c1ccc(N2C(=O)[C@H]3[C@H](c4cccc(Cl)c4F)[C@@](C#N)(c4ccc(Cl)cc4F)[C@H](CC(C)(C)C)N3C2=O)cc1. The van der Waals surface area contributed by atoms with Crippen LogP contribution in [0.25, 0.3) is 0 Å². The van der Waals surface area contributed by atoms with Crippen molar-refractivity contribution in [1.29, 1.82) is 5.26 Å². The van der Waals surface area contributed by atoms with Crippen LogP contribution in [0.5, 0.6) is 0 Å². The van der Waals surface area contributed by atoms with Crippen molar-refractivity contribution >= 4 is 46.8 Å². The van der Waals surface area contributed by atoms with Gasteiger partial charge in [0.05, 0.1) is 35.5 Å². The summed E-state index contributed by atoms with van der Waals surface area (Å²) in [6.07, 6.45) is 0.159. The fourth-order valence-corrected chi connectivity index (χ4v) is 6.72. The third-order valence-electron chi connectivity index (χ3n) is 8.08. The largest absolute Gasteiger partial charge is 0.465 e. The lowest BCUT2D eigenvalue weighted by molar-refractivity contribution is -0.119. The Hall–Kier alpha value is -4.00. The molecule has 3 aromatic carbocycles. The molecule has 0 bridgehead atoms. The number of urea groups is 1. The maximum Gasteiger partial charge on any atom is 0.337 e. The van der Waals surface area contributed by atoms with Gasteiger partial charge in [-0.05, 0) is 59.9 Å². The zero-order chi connectivity index (χ0) is 31.4. The fraction of sp³-hybridized carbons (Fsp3) is 0.312. The van der Waals surface area contributed by atoms with Gasteiger partial charge in [-0.25, -0.2) is 23.3 Å². The molecule has 2 fully saturated rings. The van der Waals surface area contributed by atoms with Crippen molar-refractivity contribution in [3.8, 4) is 6.07 Å². The number of carbonyl (C=O) groups excluding carboxylic acids is 3. The molecule has 0 spiro atoms. The Balaban J connectivity index is 1.79. The fourth-order valence-electron chi connectivity index (χ4n) is 6.38. The maximum absolute atomic E-state index is 15.9. The van der Waals surface area contributed by atoms with Gasteiger partial charge in [-0.2, -0.15) is 5.26 Å². The number of halogens is 4. The van der Waals surface area contributed by atoms with Crippen LogP contribution in [0.15, 0.2) is 60.7 Å². The minimum absolute atomic E-state index is 0.0828. The Labute approximate surface area is 257 Å². The first-order valence-electron chi connectivity index (χ1n) is 13.4. The average Bonchev–Trinajstić information content (AvgIpc) is 3.37. The Morgan fingerprint density at radius 2 is 1.74 bits per heavy atom. The highest BCUT2D eigenvalue weighted by Crippen LogP contribution is 2.58. The first-order chi connectivity index (χ1) is 20.3. The van der Waals surface area contributed by atoms with Gasteiger partial charge in [0.1, 0.15) is 23.1 Å². The monoisotopic (exact) mass is 625 g/mol. The van der Waals surface area contributed by atoms with E-state index in [0.717, 1.165) is 11.0 Å². The number of fused-ring (bicyclic) bond motifs is 1. The zero-order valence-electron chi connectivity index (χ0n) is 23.7. The van der Waals surface area contributed by atoms with E-state index in [9.17, 15) is 19.6 Å². The van der Waals surface area contributed by atoms with Crippen molar-refractivity contribution in [2.75, 3.05) is 12.0 Å². The summed E-state index contributed by atoms with van der Waals surface area (Å²) in [5, 5.41) is 10.9. The van der Waals surface area contributed by atoms with Gasteiger partial charge in [0.2, 0.25) is 0 Å².